The first kappa shape index (κ1) is 34.2. The quantitative estimate of drug-likeness (QED) is 0.155. The fourth-order valence-electron chi connectivity index (χ4n) is 5.55. The Bertz CT molecular complexity index is 907. The van der Waals surface area contributed by atoms with Crippen LogP contribution in [0.2, 0.25) is 0 Å². The number of hydrogen-bond acceptors (Lipinski definition) is 8. The SMILES string of the molecule is CCC(OC)C(C)C1OC1CC(C)/C=C/C=C(\C)C1OC(=O)CC(O)CCC(C)(OC)C(OC(C)=O)/C=C/C1C. The van der Waals surface area contributed by atoms with E-state index >= 15 is 0 Å². The van der Waals surface area contributed by atoms with E-state index in [4.69, 9.17) is 23.7 Å². The minimum atomic E-state index is -0.892. The second-order valence-electron chi connectivity index (χ2n) is 11.8. The number of carbonyl (C=O) groups excluding carboxylic acids is 2. The zero-order chi connectivity index (χ0) is 30.0. The molecule has 0 spiro atoms. The fraction of sp³-hybridized carbons (Fsp3) is 0.750. The minimum absolute atomic E-state index is 0.117. The highest BCUT2D eigenvalue weighted by Gasteiger charge is 2.45. The lowest BCUT2D eigenvalue weighted by atomic mass is 9.88. The first-order chi connectivity index (χ1) is 18.8. The molecule has 0 aromatic heterocycles. The summed E-state index contributed by atoms with van der Waals surface area (Å²) < 4.78 is 28.7. The van der Waals surface area contributed by atoms with Crippen molar-refractivity contribution >= 4 is 11.9 Å². The number of hydrogen-bond donors (Lipinski definition) is 1. The van der Waals surface area contributed by atoms with E-state index in [9.17, 15) is 14.7 Å². The highest BCUT2D eigenvalue weighted by atomic mass is 16.6. The Kier molecular flexibility index (Phi) is 13.6. The van der Waals surface area contributed by atoms with E-state index in [-0.39, 0.29) is 30.7 Å². The van der Waals surface area contributed by atoms with Crippen LogP contribution in [0.5, 0.6) is 0 Å². The number of ether oxygens (including phenoxy) is 5. The van der Waals surface area contributed by atoms with Crippen molar-refractivity contribution in [3.63, 3.8) is 0 Å². The number of aliphatic hydroxyl groups is 1. The molecule has 2 rings (SSSR count). The van der Waals surface area contributed by atoms with Gasteiger partial charge in [-0.25, -0.2) is 0 Å². The summed E-state index contributed by atoms with van der Waals surface area (Å²) in [5.41, 5.74) is 0.0213. The van der Waals surface area contributed by atoms with Gasteiger partial charge in [0.25, 0.3) is 0 Å². The van der Waals surface area contributed by atoms with Crippen LogP contribution in [0.3, 0.4) is 0 Å². The molecule has 0 aromatic rings. The summed E-state index contributed by atoms with van der Waals surface area (Å²) in [6, 6.07) is 0. The van der Waals surface area contributed by atoms with E-state index in [2.05, 4.69) is 26.8 Å². The number of cyclic esters (lactones) is 1. The molecule has 0 bridgehead atoms. The van der Waals surface area contributed by atoms with Gasteiger partial charge in [0.1, 0.15) is 17.8 Å². The van der Waals surface area contributed by atoms with Crippen LogP contribution in [0.4, 0.5) is 0 Å². The third-order valence-corrected chi connectivity index (χ3v) is 8.35. The van der Waals surface area contributed by atoms with E-state index in [1.54, 1.807) is 20.3 Å². The lowest BCUT2D eigenvalue weighted by Gasteiger charge is -2.35. The second-order valence-corrected chi connectivity index (χ2v) is 11.8. The van der Waals surface area contributed by atoms with Crippen molar-refractivity contribution in [2.24, 2.45) is 17.8 Å². The van der Waals surface area contributed by atoms with Crippen molar-refractivity contribution in [2.75, 3.05) is 14.2 Å². The Morgan fingerprint density at radius 2 is 1.95 bits per heavy atom. The number of carbonyl (C=O) groups is 2. The Labute approximate surface area is 241 Å². The van der Waals surface area contributed by atoms with Crippen LogP contribution in [0.15, 0.2) is 36.0 Å². The van der Waals surface area contributed by atoms with Gasteiger partial charge in [-0.05, 0) is 57.1 Å². The van der Waals surface area contributed by atoms with Crippen LogP contribution in [-0.2, 0) is 33.3 Å². The molecule has 1 N–H and O–H groups in total. The van der Waals surface area contributed by atoms with Crippen LogP contribution in [-0.4, -0.2) is 73.5 Å². The molecule has 2 heterocycles. The molecule has 40 heavy (non-hydrogen) atoms. The van der Waals surface area contributed by atoms with Crippen LogP contribution >= 0.6 is 0 Å². The molecule has 8 nitrogen and oxygen atoms in total. The van der Waals surface area contributed by atoms with Gasteiger partial charge in [-0.2, -0.15) is 0 Å². The molecule has 10 atom stereocenters. The molecule has 0 amide bonds. The van der Waals surface area contributed by atoms with Gasteiger partial charge in [-0.15, -0.1) is 0 Å². The predicted molar refractivity (Wildman–Crippen MR) is 155 cm³/mol. The molecule has 2 aliphatic rings. The van der Waals surface area contributed by atoms with Crippen molar-refractivity contribution < 1.29 is 38.4 Å². The summed E-state index contributed by atoms with van der Waals surface area (Å²) >= 11 is 0. The lowest BCUT2D eigenvalue weighted by Crippen LogP contribution is -2.44. The van der Waals surface area contributed by atoms with Gasteiger partial charge >= 0.3 is 11.9 Å². The Morgan fingerprint density at radius 3 is 2.55 bits per heavy atom. The zero-order valence-corrected chi connectivity index (χ0v) is 25.9. The fourth-order valence-corrected chi connectivity index (χ4v) is 5.55. The third kappa shape index (κ3) is 10.1. The highest BCUT2D eigenvalue weighted by Crippen LogP contribution is 2.37. The third-order valence-electron chi connectivity index (χ3n) is 8.35. The van der Waals surface area contributed by atoms with Crippen molar-refractivity contribution in [1.29, 1.82) is 0 Å². The van der Waals surface area contributed by atoms with Crippen molar-refractivity contribution in [1.82, 2.24) is 0 Å². The number of allylic oxidation sites excluding steroid dienone is 3. The first-order valence-corrected chi connectivity index (χ1v) is 14.7. The summed E-state index contributed by atoms with van der Waals surface area (Å²) in [7, 11) is 3.32. The molecule has 0 saturated carbocycles. The van der Waals surface area contributed by atoms with Crippen molar-refractivity contribution in [3.8, 4) is 0 Å². The maximum atomic E-state index is 12.7. The average Bonchev–Trinajstić information content (AvgIpc) is 3.66. The summed E-state index contributed by atoms with van der Waals surface area (Å²) in [6.45, 7) is 13.6. The monoisotopic (exact) mass is 564 g/mol. The van der Waals surface area contributed by atoms with Crippen molar-refractivity contribution in [3.05, 3.63) is 36.0 Å². The Morgan fingerprint density at radius 1 is 1.25 bits per heavy atom. The molecule has 10 unspecified atom stereocenters. The summed E-state index contributed by atoms with van der Waals surface area (Å²) in [5, 5.41) is 10.5. The number of methoxy groups -OCH3 is 2. The number of epoxide rings is 1. The maximum Gasteiger partial charge on any atom is 0.309 e. The maximum absolute atomic E-state index is 12.7. The summed E-state index contributed by atoms with van der Waals surface area (Å²) in [6.07, 6.45) is 10.9. The zero-order valence-electron chi connectivity index (χ0n) is 25.9. The Balaban J connectivity index is 2.14. The first-order valence-electron chi connectivity index (χ1n) is 14.7. The highest BCUT2D eigenvalue weighted by molar-refractivity contribution is 5.70. The van der Waals surface area contributed by atoms with Gasteiger partial charge in [-0.3, -0.25) is 9.59 Å². The van der Waals surface area contributed by atoms with E-state index in [1.165, 1.54) is 6.92 Å². The molecule has 0 radical (unpaired) electrons. The lowest BCUT2D eigenvalue weighted by molar-refractivity contribution is -0.160. The van der Waals surface area contributed by atoms with Crippen LogP contribution in [0, 0.1) is 17.8 Å². The number of esters is 2. The molecule has 8 heteroatoms. The van der Waals surface area contributed by atoms with Gasteiger partial charge in [0, 0.05) is 33.0 Å². The molecule has 1 fully saturated rings. The smallest absolute Gasteiger partial charge is 0.309 e. The normalized spacial score (nSPS) is 35.1. The van der Waals surface area contributed by atoms with Gasteiger partial charge in [-0.1, -0.05) is 52.0 Å². The van der Waals surface area contributed by atoms with E-state index in [1.807, 2.05) is 39.0 Å². The average molecular weight is 565 g/mol. The van der Waals surface area contributed by atoms with Crippen LogP contribution in [0.25, 0.3) is 0 Å². The van der Waals surface area contributed by atoms with Gasteiger partial charge < -0.3 is 28.8 Å². The standard InChI is InChI=1S/C32H52O8/c1-10-26(36-8)23(5)31-27(39-31)18-20(2)12-11-13-21(3)30-22(4)14-15-28(38-24(6)33)32(7,37-9)17-16-25(34)19-29(35)40-30/h11-15,20,22-23,25-28,30-31,34H,10,16-19H2,1-9H3/b12-11+,15-14+,21-13+. The van der Waals surface area contributed by atoms with Gasteiger partial charge in [0.2, 0.25) is 0 Å². The number of aliphatic hydroxyl groups excluding tert-OH is 1. The minimum Gasteiger partial charge on any atom is -0.457 e. The van der Waals surface area contributed by atoms with Gasteiger partial charge in [0.15, 0.2) is 0 Å². The molecule has 0 aliphatic carbocycles. The molecular weight excluding hydrogens is 512 g/mol. The number of rotatable bonds is 11. The topological polar surface area (TPSA) is 104 Å². The molecule has 2 aliphatic heterocycles. The van der Waals surface area contributed by atoms with E-state index in [0.29, 0.717) is 24.7 Å². The summed E-state index contributed by atoms with van der Waals surface area (Å²) in [5.74, 6) is -0.402. The van der Waals surface area contributed by atoms with Crippen LogP contribution < -0.4 is 0 Å². The molecule has 0 aromatic carbocycles. The largest absolute Gasteiger partial charge is 0.457 e. The predicted octanol–water partition coefficient (Wildman–Crippen LogP) is 5.33. The van der Waals surface area contributed by atoms with E-state index < -0.39 is 35.9 Å². The molecule has 1 saturated heterocycles. The molecular formula is C32H52O8. The van der Waals surface area contributed by atoms with Crippen molar-refractivity contribution in [2.45, 2.75) is 123 Å². The van der Waals surface area contributed by atoms with Crippen LogP contribution in [0.1, 0.15) is 80.6 Å². The Hall–Kier alpha value is -2.00. The second kappa shape index (κ2) is 15.9. The van der Waals surface area contributed by atoms with E-state index in [0.717, 1.165) is 18.4 Å². The van der Waals surface area contributed by atoms with Gasteiger partial charge in [0.05, 0.1) is 30.8 Å². The molecule has 228 valence electrons. The summed E-state index contributed by atoms with van der Waals surface area (Å²) in [4.78, 5) is 24.6.